The highest BCUT2D eigenvalue weighted by atomic mass is 32.2. The summed E-state index contributed by atoms with van der Waals surface area (Å²) >= 11 is 3.83. The average Bonchev–Trinajstić information content (AvgIpc) is 2.69. The summed E-state index contributed by atoms with van der Waals surface area (Å²) < 4.78 is 0. The molecule has 0 spiro atoms. The monoisotopic (exact) mass is 284 g/mol. The van der Waals surface area contributed by atoms with Crippen molar-refractivity contribution in [2.45, 2.75) is 63.8 Å². The second kappa shape index (κ2) is 6.40. The maximum absolute atomic E-state index is 4.68. The van der Waals surface area contributed by atoms with E-state index in [2.05, 4.69) is 37.3 Å². The van der Waals surface area contributed by atoms with Crippen LogP contribution in [0.25, 0.3) is 0 Å². The van der Waals surface area contributed by atoms with Crippen molar-refractivity contribution in [2.24, 2.45) is 0 Å². The Kier molecular flexibility index (Phi) is 5.10. The van der Waals surface area contributed by atoms with E-state index < -0.39 is 0 Å². The molecule has 18 heavy (non-hydrogen) atoms. The Hall–Kier alpha value is -0.0600. The van der Waals surface area contributed by atoms with Crippen LogP contribution in [0.2, 0.25) is 0 Å². The summed E-state index contributed by atoms with van der Waals surface area (Å²) in [5, 5.41) is 5.77. The van der Waals surface area contributed by atoms with E-state index in [0.29, 0.717) is 12.1 Å². The van der Waals surface area contributed by atoms with Gasteiger partial charge < -0.3 is 5.32 Å². The van der Waals surface area contributed by atoms with Crippen molar-refractivity contribution >= 4 is 23.1 Å². The zero-order chi connectivity index (χ0) is 13.1. The van der Waals surface area contributed by atoms with Gasteiger partial charge in [0.2, 0.25) is 0 Å². The molecule has 0 radical (unpaired) electrons. The molecule has 0 amide bonds. The maximum atomic E-state index is 4.68. The summed E-state index contributed by atoms with van der Waals surface area (Å²) in [7, 11) is 0. The molecule has 1 N–H and O–H groups in total. The lowest BCUT2D eigenvalue weighted by molar-refractivity contribution is 0.354. The lowest BCUT2D eigenvalue weighted by Gasteiger charge is -2.33. The number of thioether (sulfide) groups is 1. The van der Waals surface area contributed by atoms with Gasteiger partial charge in [0, 0.05) is 22.2 Å². The molecule has 1 aliphatic rings. The van der Waals surface area contributed by atoms with Crippen LogP contribution in [0, 0.1) is 13.8 Å². The summed E-state index contributed by atoms with van der Waals surface area (Å²) in [6.45, 7) is 6.54. The minimum atomic E-state index is 0.382. The molecule has 3 unspecified atom stereocenters. The van der Waals surface area contributed by atoms with Crippen molar-refractivity contribution in [1.29, 1.82) is 0 Å². The van der Waals surface area contributed by atoms with Gasteiger partial charge in [-0.05, 0) is 39.9 Å². The second-order valence-corrected chi connectivity index (χ2v) is 7.71. The predicted octanol–water partition coefficient (Wildman–Crippen LogP) is 4.08. The van der Waals surface area contributed by atoms with E-state index in [0.717, 1.165) is 5.25 Å². The van der Waals surface area contributed by atoms with Crippen molar-refractivity contribution in [3.05, 3.63) is 15.6 Å². The van der Waals surface area contributed by atoms with Gasteiger partial charge in [0.1, 0.15) is 0 Å². The summed E-state index contributed by atoms with van der Waals surface area (Å²) in [6.07, 6.45) is 7.69. The Morgan fingerprint density at radius 2 is 2.06 bits per heavy atom. The van der Waals surface area contributed by atoms with Crippen molar-refractivity contribution in [2.75, 3.05) is 6.26 Å². The van der Waals surface area contributed by atoms with Gasteiger partial charge in [-0.3, -0.25) is 0 Å². The Morgan fingerprint density at radius 1 is 1.33 bits per heavy atom. The van der Waals surface area contributed by atoms with E-state index >= 15 is 0 Å². The fourth-order valence-corrected chi connectivity index (χ4v) is 4.78. The molecule has 1 aromatic rings. The number of hydrogen-bond donors (Lipinski definition) is 1. The molecule has 0 bridgehead atoms. The average molecular weight is 284 g/mol. The van der Waals surface area contributed by atoms with Crippen molar-refractivity contribution in [1.82, 2.24) is 10.3 Å². The minimum Gasteiger partial charge on any atom is -0.305 e. The quantitative estimate of drug-likeness (QED) is 0.901. The number of nitrogens with zero attached hydrogens (tertiary/aromatic N) is 1. The standard InChI is InChI=1S/C14H24N2S2/c1-9(14-10(2)18-11(3)16-14)15-12-7-5-6-8-13(12)17-4/h9,12-13,15H,5-8H2,1-4H3. The number of nitrogens with one attached hydrogen (secondary N) is 1. The van der Waals surface area contributed by atoms with Gasteiger partial charge in [-0.1, -0.05) is 12.8 Å². The molecule has 2 nitrogen and oxygen atoms in total. The number of thiazole rings is 1. The zero-order valence-electron chi connectivity index (χ0n) is 11.8. The van der Waals surface area contributed by atoms with Gasteiger partial charge in [-0.25, -0.2) is 4.98 Å². The first-order chi connectivity index (χ1) is 8.61. The molecule has 1 fully saturated rings. The number of aromatic nitrogens is 1. The summed E-state index contributed by atoms with van der Waals surface area (Å²) in [6, 6.07) is 1.04. The van der Waals surface area contributed by atoms with Gasteiger partial charge in [0.25, 0.3) is 0 Å². The fraction of sp³-hybridized carbons (Fsp3) is 0.786. The maximum Gasteiger partial charge on any atom is 0.0900 e. The number of aryl methyl sites for hydroxylation is 2. The molecule has 102 valence electrons. The van der Waals surface area contributed by atoms with E-state index in [1.807, 2.05) is 23.1 Å². The van der Waals surface area contributed by atoms with E-state index in [1.165, 1.54) is 41.3 Å². The van der Waals surface area contributed by atoms with Crippen LogP contribution in [0.3, 0.4) is 0 Å². The normalized spacial score (nSPS) is 26.2. The van der Waals surface area contributed by atoms with Crippen LogP contribution in [0.4, 0.5) is 0 Å². The van der Waals surface area contributed by atoms with Crippen LogP contribution in [0.5, 0.6) is 0 Å². The van der Waals surface area contributed by atoms with Crippen LogP contribution in [-0.4, -0.2) is 22.5 Å². The Bertz CT molecular complexity index is 389. The van der Waals surface area contributed by atoms with Gasteiger partial charge in [-0.15, -0.1) is 11.3 Å². The Morgan fingerprint density at radius 3 is 2.67 bits per heavy atom. The first-order valence-electron chi connectivity index (χ1n) is 6.84. The smallest absolute Gasteiger partial charge is 0.0900 e. The van der Waals surface area contributed by atoms with Crippen LogP contribution in [-0.2, 0) is 0 Å². The molecular formula is C14H24N2S2. The molecule has 4 heteroatoms. The van der Waals surface area contributed by atoms with E-state index in [4.69, 9.17) is 0 Å². The zero-order valence-corrected chi connectivity index (χ0v) is 13.5. The summed E-state index contributed by atoms with van der Waals surface area (Å²) in [4.78, 5) is 6.04. The highest BCUT2D eigenvalue weighted by molar-refractivity contribution is 7.99. The Balaban J connectivity index is 2.01. The topological polar surface area (TPSA) is 24.9 Å². The van der Waals surface area contributed by atoms with Crippen LogP contribution >= 0.6 is 23.1 Å². The van der Waals surface area contributed by atoms with E-state index in [9.17, 15) is 0 Å². The molecular weight excluding hydrogens is 260 g/mol. The first kappa shape index (κ1) is 14.4. The minimum absolute atomic E-state index is 0.382. The molecule has 2 rings (SSSR count). The third-order valence-corrected chi connectivity index (χ3v) is 5.89. The van der Waals surface area contributed by atoms with Gasteiger partial charge in [0.05, 0.1) is 10.7 Å². The van der Waals surface area contributed by atoms with Crippen LogP contribution < -0.4 is 5.32 Å². The Labute approximate surface area is 119 Å². The third-order valence-electron chi connectivity index (χ3n) is 3.82. The van der Waals surface area contributed by atoms with Crippen molar-refractivity contribution < 1.29 is 0 Å². The third kappa shape index (κ3) is 3.28. The first-order valence-corrected chi connectivity index (χ1v) is 8.95. The SMILES string of the molecule is CSC1CCCCC1NC(C)c1nc(C)sc1C. The lowest BCUT2D eigenvalue weighted by Crippen LogP contribution is -2.41. The largest absolute Gasteiger partial charge is 0.305 e. The molecule has 1 heterocycles. The molecule has 0 aliphatic heterocycles. The summed E-state index contributed by atoms with van der Waals surface area (Å²) in [5.41, 5.74) is 1.25. The van der Waals surface area contributed by atoms with Gasteiger partial charge in [-0.2, -0.15) is 11.8 Å². The van der Waals surface area contributed by atoms with E-state index in [-0.39, 0.29) is 0 Å². The molecule has 1 saturated carbocycles. The molecule has 3 atom stereocenters. The highest BCUT2D eigenvalue weighted by Crippen LogP contribution is 2.30. The predicted molar refractivity (Wildman–Crippen MR) is 82.7 cm³/mol. The second-order valence-electron chi connectivity index (χ2n) is 5.23. The molecule has 0 aromatic carbocycles. The molecule has 0 saturated heterocycles. The van der Waals surface area contributed by atoms with Crippen LogP contribution in [0.15, 0.2) is 0 Å². The summed E-state index contributed by atoms with van der Waals surface area (Å²) in [5.74, 6) is 0. The van der Waals surface area contributed by atoms with Crippen molar-refractivity contribution in [3.63, 3.8) is 0 Å². The van der Waals surface area contributed by atoms with E-state index in [1.54, 1.807) is 0 Å². The van der Waals surface area contributed by atoms with Crippen LogP contribution in [0.1, 0.15) is 54.2 Å². The lowest BCUT2D eigenvalue weighted by atomic mass is 9.94. The molecule has 1 aliphatic carbocycles. The van der Waals surface area contributed by atoms with Gasteiger partial charge in [0.15, 0.2) is 0 Å². The highest BCUT2D eigenvalue weighted by Gasteiger charge is 2.26. The molecule has 1 aromatic heterocycles. The van der Waals surface area contributed by atoms with Gasteiger partial charge >= 0.3 is 0 Å². The van der Waals surface area contributed by atoms with Crippen molar-refractivity contribution in [3.8, 4) is 0 Å². The number of hydrogen-bond acceptors (Lipinski definition) is 4. The number of rotatable bonds is 4. The fourth-order valence-electron chi connectivity index (χ4n) is 2.92.